The van der Waals surface area contributed by atoms with Gasteiger partial charge in [0.1, 0.15) is 5.69 Å². The number of Topliss-reactive ketones (excluding diaryl/α,β-unsaturated/α-hetero) is 1. The summed E-state index contributed by atoms with van der Waals surface area (Å²) < 4.78 is 0. The Morgan fingerprint density at radius 2 is 2.22 bits per heavy atom. The van der Waals surface area contributed by atoms with Crippen LogP contribution in [0.25, 0.3) is 0 Å². The summed E-state index contributed by atoms with van der Waals surface area (Å²) in [5.41, 5.74) is 1.85. The highest BCUT2D eigenvalue weighted by Crippen LogP contribution is 2.28. The van der Waals surface area contributed by atoms with E-state index in [-0.39, 0.29) is 5.78 Å². The number of hydrogen-bond acceptors (Lipinski definition) is 3. The molecule has 0 atom stereocenters. The zero-order chi connectivity index (χ0) is 12.5. The van der Waals surface area contributed by atoms with Gasteiger partial charge in [0.2, 0.25) is 0 Å². The van der Waals surface area contributed by atoms with Crippen molar-refractivity contribution in [2.24, 2.45) is 0 Å². The fraction of sp³-hybridized carbons (Fsp3) is 0.286. The van der Waals surface area contributed by atoms with Crippen LogP contribution in [0.3, 0.4) is 0 Å². The Bertz CT molecular complexity index is 606. The van der Waals surface area contributed by atoms with Gasteiger partial charge in [-0.15, -0.1) is 11.3 Å². The van der Waals surface area contributed by atoms with Crippen LogP contribution in [-0.2, 0) is 12.8 Å². The minimum Gasteiger partial charge on any atom is -0.292 e. The molecule has 1 aromatic carbocycles. The molecule has 4 heteroatoms. The second-order valence-corrected chi connectivity index (χ2v) is 6.07. The molecule has 0 saturated heterocycles. The Hall–Kier alpha value is -1.19. The molecule has 0 bridgehead atoms. The number of fused-ring (bicyclic) bond motifs is 1. The molecule has 1 aliphatic carbocycles. The van der Waals surface area contributed by atoms with Crippen molar-refractivity contribution < 1.29 is 4.79 Å². The van der Waals surface area contributed by atoms with Crippen molar-refractivity contribution in [2.75, 3.05) is 0 Å². The zero-order valence-corrected chi connectivity index (χ0v) is 11.4. The van der Waals surface area contributed by atoms with E-state index in [9.17, 15) is 4.79 Å². The number of benzene rings is 1. The summed E-state index contributed by atoms with van der Waals surface area (Å²) in [6.45, 7) is 0. The van der Waals surface area contributed by atoms with E-state index in [1.807, 2.05) is 24.3 Å². The molecule has 0 amide bonds. The van der Waals surface area contributed by atoms with Gasteiger partial charge in [0.15, 0.2) is 5.78 Å². The summed E-state index contributed by atoms with van der Waals surface area (Å²) in [6.07, 6.45) is 3.36. The molecule has 0 saturated carbocycles. The Kier molecular flexibility index (Phi) is 3.18. The molecular formula is C14H12ClNOS. The maximum absolute atomic E-state index is 11.7. The van der Waals surface area contributed by atoms with Gasteiger partial charge in [-0.25, -0.2) is 4.98 Å². The van der Waals surface area contributed by atoms with Gasteiger partial charge in [-0.1, -0.05) is 23.7 Å². The Labute approximate surface area is 115 Å². The summed E-state index contributed by atoms with van der Waals surface area (Å²) in [6, 6.07) is 7.79. The third-order valence-electron chi connectivity index (χ3n) is 3.06. The van der Waals surface area contributed by atoms with E-state index in [1.165, 1.54) is 0 Å². The monoisotopic (exact) mass is 277 g/mol. The predicted molar refractivity (Wildman–Crippen MR) is 73.6 cm³/mol. The first kappa shape index (κ1) is 11.9. The number of carbonyl (C=O) groups is 1. The Morgan fingerprint density at radius 1 is 1.33 bits per heavy atom. The average Bonchev–Trinajstić information content (AvgIpc) is 2.73. The number of nitrogens with zero attached hydrogens (tertiary/aromatic N) is 1. The lowest BCUT2D eigenvalue weighted by atomic mass is 10.0. The molecule has 0 fully saturated rings. The molecule has 92 valence electrons. The van der Waals surface area contributed by atoms with Gasteiger partial charge >= 0.3 is 0 Å². The molecule has 0 radical (unpaired) electrons. The first-order chi connectivity index (χ1) is 8.72. The molecule has 0 spiro atoms. The number of aromatic nitrogens is 1. The quantitative estimate of drug-likeness (QED) is 0.833. The maximum atomic E-state index is 11.7. The summed E-state index contributed by atoms with van der Waals surface area (Å²) in [4.78, 5) is 17.4. The van der Waals surface area contributed by atoms with Crippen LogP contribution in [0.2, 0.25) is 5.02 Å². The van der Waals surface area contributed by atoms with Gasteiger partial charge < -0.3 is 0 Å². The number of rotatable bonds is 2. The van der Waals surface area contributed by atoms with Gasteiger partial charge in [0, 0.05) is 22.7 Å². The van der Waals surface area contributed by atoms with Crippen molar-refractivity contribution in [2.45, 2.75) is 25.7 Å². The van der Waals surface area contributed by atoms with E-state index in [1.54, 1.807) is 11.3 Å². The van der Waals surface area contributed by atoms with Crippen LogP contribution in [0.5, 0.6) is 0 Å². The summed E-state index contributed by atoms with van der Waals surface area (Å²) in [5, 5.41) is 1.75. The molecule has 0 N–H and O–H groups in total. The van der Waals surface area contributed by atoms with E-state index in [0.717, 1.165) is 39.7 Å². The third kappa shape index (κ3) is 2.33. The fourth-order valence-corrected chi connectivity index (χ4v) is 3.59. The first-order valence-corrected chi connectivity index (χ1v) is 7.18. The van der Waals surface area contributed by atoms with Crippen molar-refractivity contribution in [3.63, 3.8) is 0 Å². The lowest BCUT2D eigenvalue weighted by Crippen LogP contribution is -2.08. The van der Waals surface area contributed by atoms with E-state index < -0.39 is 0 Å². The number of carbonyl (C=O) groups excluding carboxylic acids is 1. The van der Waals surface area contributed by atoms with Crippen LogP contribution in [0.15, 0.2) is 24.3 Å². The highest BCUT2D eigenvalue weighted by atomic mass is 35.5. The smallest absolute Gasteiger partial charge is 0.182 e. The van der Waals surface area contributed by atoms with Crippen LogP contribution >= 0.6 is 22.9 Å². The predicted octanol–water partition coefficient (Wildman–Crippen LogP) is 3.91. The lowest BCUT2D eigenvalue weighted by molar-refractivity contribution is 0.0968. The van der Waals surface area contributed by atoms with Gasteiger partial charge in [0.05, 0.1) is 5.01 Å². The van der Waals surface area contributed by atoms with Crippen molar-refractivity contribution >= 4 is 28.7 Å². The summed E-state index contributed by atoms with van der Waals surface area (Å²) in [7, 11) is 0. The van der Waals surface area contributed by atoms with Crippen LogP contribution in [0, 0.1) is 0 Å². The fourth-order valence-electron chi connectivity index (χ4n) is 2.21. The molecule has 2 nitrogen and oxygen atoms in total. The average molecular weight is 278 g/mol. The van der Waals surface area contributed by atoms with Crippen molar-refractivity contribution in [1.29, 1.82) is 0 Å². The van der Waals surface area contributed by atoms with Crippen LogP contribution in [0.1, 0.15) is 38.8 Å². The molecular weight excluding hydrogens is 266 g/mol. The number of hydrogen-bond donors (Lipinski definition) is 0. The molecule has 0 unspecified atom stereocenters. The van der Waals surface area contributed by atoms with Crippen LogP contribution in [0.4, 0.5) is 0 Å². The molecule has 0 aliphatic heterocycles. The highest BCUT2D eigenvalue weighted by Gasteiger charge is 2.22. The third-order valence-corrected chi connectivity index (χ3v) is 4.41. The van der Waals surface area contributed by atoms with Crippen LogP contribution in [-0.4, -0.2) is 10.8 Å². The summed E-state index contributed by atoms with van der Waals surface area (Å²) >= 11 is 7.63. The van der Waals surface area contributed by atoms with Gasteiger partial charge in [-0.05, 0) is 30.5 Å². The van der Waals surface area contributed by atoms with Gasteiger partial charge in [-0.2, -0.15) is 0 Å². The largest absolute Gasteiger partial charge is 0.292 e. The molecule has 1 aromatic heterocycles. The number of ketones is 1. The molecule has 2 aromatic rings. The number of aryl methyl sites for hydroxylation is 1. The van der Waals surface area contributed by atoms with Gasteiger partial charge in [-0.3, -0.25) is 4.79 Å². The zero-order valence-electron chi connectivity index (χ0n) is 9.78. The number of halogens is 1. The first-order valence-electron chi connectivity index (χ1n) is 5.98. The topological polar surface area (TPSA) is 30.0 Å². The highest BCUT2D eigenvalue weighted by molar-refractivity contribution is 7.12. The number of thiazole rings is 1. The van der Waals surface area contributed by atoms with E-state index >= 15 is 0 Å². The molecule has 3 rings (SSSR count). The van der Waals surface area contributed by atoms with E-state index in [0.29, 0.717) is 12.1 Å². The van der Waals surface area contributed by atoms with Crippen molar-refractivity contribution in [3.05, 3.63) is 50.4 Å². The Morgan fingerprint density at radius 3 is 3.00 bits per heavy atom. The normalized spacial score (nSPS) is 14.6. The Balaban J connectivity index is 1.88. The minimum atomic E-state index is 0.199. The second kappa shape index (κ2) is 4.82. The minimum absolute atomic E-state index is 0.199. The standard InChI is InChI=1S/C14H12ClNOS/c15-10-4-1-3-9(7-10)8-13-16-14-11(17)5-2-6-12(14)18-13/h1,3-4,7H,2,5-6,8H2. The maximum Gasteiger partial charge on any atom is 0.182 e. The van der Waals surface area contributed by atoms with Crippen molar-refractivity contribution in [3.8, 4) is 0 Å². The van der Waals surface area contributed by atoms with Gasteiger partial charge in [0.25, 0.3) is 0 Å². The summed E-state index contributed by atoms with van der Waals surface area (Å²) in [5.74, 6) is 0.199. The van der Waals surface area contributed by atoms with E-state index in [2.05, 4.69) is 4.98 Å². The van der Waals surface area contributed by atoms with Crippen molar-refractivity contribution in [1.82, 2.24) is 4.98 Å². The molecule has 1 aliphatic rings. The lowest BCUT2D eigenvalue weighted by Gasteiger charge is -2.06. The van der Waals surface area contributed by atoms with Crippen LogP contribution < -0.4 is 0 Å². The molecule has 1 heterocycles. The second-order valence-electron chi connectivity index (χ2n) is 4.46. The molecule has 18 heavy (non-hydrogen) atoms. The van der Waals surface area contributed by atoms with E-state index in [4.69, 9.17) is 11.6 Å². The SMILES string of the molecule is O=C1CCCc2sc(Cc3cccc(Cl)c3)nc21.